The maximum absolute atomic E-state index is 13.5. The minimum absolute atomic E-state index is 0.00435. The van der Waals surface area contributed by atoms with Gasteiger partial charge in [0.1, 0.15) is 0 Å². The standard InChI is InChI=1S/C26H33NO3/c1-3-19(2)16-22-23(25(29)20-10-6-4-7-11-20)17-27(14-15-28)18-24(22)26(30)21-12-8-5-9-13-21/h4-13,19,22-24,28H,3,14-18H2,1-2H3/t19?,23-,24-/m0/s1. The number of likely N-dealkylation sites (tertiary alicyclic amines) is 1. The van der Waals surface area contributed by atoms with E-state index in [9.17, 15) is 14.7 Å². The van der Waals surface area contributed by atoms with E-state index in [0.717, 1.165) is 12.8 Å². The molecule has 1 aliphatic heterocycles. The van der Waals surface area contributed by atoms with Crippen LogP contribution >= 0.6 is 0 Å². The third-order valence-corrected chi connectivity index (χ3v) is 6.52. The molecule has 2 aromatic carbocycles. The lowest BCUT2D eigenvalue weighted by Crippen LogP contribution is -2.52. The summed E-state index contributed by atoms with van der Waals surface area (Å²) >= 11 is 0. The van der Waals surface area contributed by atoms with E-state index in [4.69, 9.17) is 0 Å². The second-order valence-electron chi connectivity index (χ2n) is 8.57. The summed E-state index contributed by atoms with van der Waals surface area (Å²) in [4.78, 5) is 29.2. The SMILES string of the molecule is CCC(C)CC1[C@@H](C(=O)c2ccccc2)CN(CCO)C[C@@H]1C(=O)c1ccccc1. The highest BCUT2D eigenvalue weighted by Crippen LogP contribution is 2.38. The molecule has 0 amide bonds. The molecule has 3 rings (SSSR count). The number of Topliss-reactive ketones (excluding diaryl/α,β-unsaturated/α-hetero) is 2. The topological polar surface area (TPSA) is 57.6 Å². The van der Waals surface area contributed by atoms with Crippen LogP contribution in [0.2, 0.25) is 0 Å². The number of β-amino-alcohol motifs (C(OH)–C–C–N with tert-alkyl or cyclic N) is 1. The predicted molar refractivity (Wildman–Crippen MR) is 120 cm³/mol. The summed E-state index contributed by atoms with van der Waals surface area (Å²) in [6.45, 7) is 6.05. The average Bonchev–Trinajstić information content (AvgIpc) is 2.80. The van der Waals surface area contributed by atoms with E-state index in [2.05, 4.69) is 18.7 Å². The molecule has 1 N–H and O–H groups in total. The Bertz CT molecular complexity index is 759. The lowest BCUT2D eigenvalue weighted by molar-refractivity contribution is 0.0316. The smallest absolute Gasteiger partial charge is 0.167 e. The van der Waals surface area contributed by atoms with Gasteiger partial charge in [-0.3, -0.25) is 14.5 Å². The Morgan fingerprint density at radius 2 is 1.40 bits per heavy atom. The number of carbonyl (C=O) groups is 2. The summed E-state index contributed by atoms with van der Waals surface area (Å²) in [5.74, 6) is 0.153. The van der Waals surface area contributed by atoms with Crippen LogP contribution in [0.5, 0.6) is 0 Å². The monoisotopic (exact) mass is 407 g/mol. The first-order valence-electron chi connectivity index (χ1n) is 11.1. The molecule has 4 nitrogen and oxygen atoms in total. The van der Waals surface area contributed by atoms with Gasteiger partial charge in [-0.1, -0.05) is 80.9 Å². The second kappa shape index (κ2) is 10.6. The normalized spacial score (nSPS) is 21.3. The van der Waals surface area contributed by atoms with E-state index >= 15 is 0 Å². The first-order valence-corrected chi connectivity index (χ1v) is 11.1. The fraction of sp³-hybridized carbons (Fsp3) is 0.462. The maximum Gasteiger partial charge on any atom is 0.167 e. The molecule has 4 heteroatoms. The summed E-state index contributed by atoms with van der Waals surface area (Å²) in [5, 5.41) is 9.54. The summed E-state index contributed by atoms with van der Waals surface area (Å²) in [6, 6.07) is 18.8. The van der Waals surface area contributed by atoms with Crippen LogP contribution in [0, 0.1) is 23.7 Å². The van der Waals surface area contributed by atoms with Crippen LogP contribution in [-0.4, -0.2) is 47.8 Å². The van der Waals surface area contributed by atoms with Gasteiger partial charge in [0, 0.05) is 42.6 Å². The Morgan fingerprint density at radius 1 is 0.933 bits per heavy atom. The minimum atomic E-state index is -0.251. The van der Waals surface area contributed by atoms with Gasteiger partial charge in [0.25, 0.3) is 0 Å². The van der Waals surface area contributed by atoms with Crippen molar-refractivity contribution in [3.05, 3.63) is 71.8 Å². The number of nitrogens with zero attached hydrogens (tertiary/aromatic N) is 1. The Balaban J connectivity index is 1.98. The van der Waals surface area contributed by atoms with Crippen molar-refractivity contribution in [1.82, 2.24) is 4.90 Å². The molecule has 0 aliphatic carbocycles. The van der Waals surface area contributed by atoms with Gasteiger partial charge in [-0.25, -0.2) is 0 Å². The molecule has 1 aliphatic rings. The molecule has 1 saturated heterocycles. The van der Waals surface area contributed by atoms with E-state index in [1.54, 1.807) is 0 Å². The summed E-state index contributed by atoms with van der Waals surface area (Å²) in [6.07, 6.45) is 1.88. The molecule has 1 fully saturated rings. The summed E-state index contributed by atoms with van der Waals surface area (Å²) in [5.41, 5.74) is 1.40. The zero-order valence-corrected chi connectivity index (χ0v) is 18.0. The summed E-state index contributed by atoms with van der Waals surface area (Å²) < 4.78 is 0. The summed E-state index contributed by atoms with van der Waals surface area (Å²) in [7, 11) is 0. The van der Waals surface area contributed by atoms with Crippen LogP contribution in [0.3, 0.4) is 0 Å². The van der Waals surface area contributed by atoms with Crippen molar-refractivity contribution in [3.8, 4) is 0 Å². The van der Waals surface area contributed by atoms with Gasteiger partial charge in [-0.05, 0) is 18.3 Å². The molecule has 0 saturated carbocycles. The van der Waals surface area contributed by atoms with E-state index < -0.39 is 0 Å². The van der Waals surface area contributed by atoms with Crippen LogP contribution in [-0.2, 0) is 0 Å². The first-order chi connectivity index (χ1) is 14.5. The van der Waals surface area contributed by atoms with Crippen molar-refractivity contribution in [2.45, 2.75) is 26.7 Å². The van der Waals surface area contributed by atoms with Crippen molar-refractivity contribution in [2.75, 3.05) is 26.2 Å². The highest BCUT2D eigenvalue weighted by atomic mass is 16.3. The van der Waals surface area contributed by atoms with Crippen LogP contribution in [0.4, 0.5) is 0 Å². The van der Waals surface area contributed by atoms with Crippen LogP contribution in [0.1, 0.15) is 47.4 Å². The Labute approximate surface area is 179 Å². The zero-order chi connectivity index (χ0) is 21.5. The van der Waals surface area contributed by atoms with Gasteiger partial charge in [0.2, 0.25) is 0 Å². The second-order valence-corrected chi connectivity index (χ2v) is 8.57. The Hall–Kier alpha value is -2.30. The van der Waals surface area contributed by atoms with E-state index in [0.29, 0.717) is 36.7 Å². The molecule has 0 bridgehead atoms. The average molecular weight is 408 g/mol. The van der Waals surface area contributed by atoms with Crippen LogP contribution in [0.15, 0.2) is 60.7 Å². The number of carbonyl (C=O) groups excluding carboxylic acids is 2. The highest BCUT2D eigenvalue weighted by Gasteiger charge is 2.44. The molecule has 2 aromatic rings. The lowest BCUT2D eigenvalue weighted by Gasteiger charge is -2.43. The van der Waals surface area contributed by atoms with Gasteiger partial charge in [0.05, 0.1) is 6.61 Å². The Kier molecular flexibility index (Phi) is 7.94. The van der Waals surface area contributed by atoms with Crippen molar-refractivity contribution >= 4 is 11.6 Å². The fourth-order valence-corrected chi connectivity index (χ4v) is 4.65. The largest absolute Gasteiger partial charge is 0.395 e. The van der Waals surface area contributed by atoms with Crippen molar-refractivity contribution in [3.63, 3.8) is 0 Å². The zero-order valence-electron chi connectivity index (χ0n) is 18.0. The molecule has 0 spiro atoms. The van der Waals surface area contributed by atoms with Crippen molar-refractivity contribution in [2.24, 2.45) is 23.7 Å². The third-order valence-electron chi connectivity index (χ3n) is 6.52. The molecule has 0 radical (unpaired) electrons. The van der Waals surface area contributed by atoms with Crippen LogP contribution < -0.4 is 0 Å². The van der Waals surface area contributed by atoms with Gasteiger partial charge >= 0.3 is 0 Å². The number of ketones is 2. The van der Waals surface area contributed by atoms with Gasteiger partial charge in [-0.2, -0.15) is 0 Å². The van der Waals surface area contributed by atoms with Gasteiger partial charge < -0.3 is 5.11 Å². The molecular formula is C26H33NO3. The number of benzene rings is 2. The molecule has 1 heterocycles. The third kappa shape index (κ3) is 5.24. The number of aliphatic hydroxyl groups excluding tert-OH is 1. The fourth-order valence-electron chi connectivity index (χ4n) is 4.65. The predicted octanol–water partition coefficient (Wildman–Crippen LogP) is 4.34. The molecule has 0 aromatic heterocycles. The van der Waals surface area contributed by atoms with E-state index in [1.807, 2.05) is 60.7 Å². The van der Waals surface area contributed by atoms with Crippen LogP contribution in [0.25, 0.3) is 0 Å². The number of hydrogen-bond acceptors (Lipinski definition) is 4. The lowest BCUT2D eigenvalue weighted by atomic mass is 9.68. The number of aliphatic hydroxyl groups is 1. The van der Waals surface area contributed by atoms with Gasteiger partial charge in [-0.15, -0.1) is 0 Å². The first kappa shape index (κ1) is 22.4. The van der Waals surface area contributed by atoms with E-state index in [-0.39, 0.29) is 35.9 Å². The van der Waals surface area contributed by atoms with Crippen molar-refractivity contribution in [1.29, 1.82) is 0 Å². The molecule has 30 heavy (non-hydrogen) atoms. The highest BCUT2D eigenvalue weighted by molar-refractivity contribution is 6.01. The quantitative estimate of drug-likeness (QED) is 0.628. The Morgan fingerprint density at radius 3 is 1.80 bits per heavy atom. The molecule has 3 atom stereocenters. The number of rotatable bonds is 9. The molecule has 1 unspecified atom stereocenters. The minimum Gasteiger partial charge on any atom is -0.395 e. The molecular weight excluding hydrogens is 374 g/mol. The van der Waals surface area contributed by atoms with Gasteiger partial charge in [0.15, 0.2) is 11.6 Å². The molecule has 160 valence electrons. The van der Waals surface area contributed by atoms with E-state index in [1.165, 1.54) is 0 Å². The number of hydrogen-bond donors (Lipinski definition) is 1. The van der Waals surface area contributed by atoms with Crippen molar-refractivity contribution < 1.29 is 14.7 Å². The maximum atomic E-state index is 13.5. The number of piperidine rings is 1.